The van der Waals surface area contributed by atoms with E-state index >= 15 is 0 Å². The molecule has 1 aromatic rings. The van der Waals surface area contributed by atoms with Crippen LogP contribution in [0.25, 0.3) is 0 Å². The van der Waals surface area contributed by atoms with Gasteiger partial charge in [0.2, 0.25) is 0 Å². The molecule has 1 aromatic carbocycles. The Morgan fingerprint density at radius 2 is 2.05 bits per heavy atom. The maximum Gasteiger partial charge on any atom is 0.261 e. The van der Waals surface area contributed by atoms with E-state index in [4.69, 9.17) is 15.2 Å². The van der Waals surface area contributed by atoms with Crippen LogP contribution in [-0.2, 0) is 4.74 Å². The first-order valence-electron chi connectivity index (χ1n) is 5.60. The van der Waals surface area contributed by atoms with Crippen molar-refractivity contribution in [2.45, 2.75) is 18.9 Å². The van der Waals surface area contributed by atoms with Crippen LogP contribution in [-0.4, -0.2) is 26.7 Å². The van der Waals surface area contributed by atoms with E-state index in [1.54, 1.807) is 0 Å². The second-order valence-corrected chi connectivity index (χ2v) is 4.72. The van der Waals surface area contributed by atoms with Crippen molar-refractivity contribution in [2.24, 2.45) is 5.73 Å². The highest BCUT2D eigenvalue weighted by Crippen LogP contribution is 2.31. The van der Waals surface area contributed by atoms with E-state index in [0.717, 1.165) is 0 Å². The Balaban J connectivity index is 2.65. The van der Waals surface area contributed by atoms with Crippen molar-refractivity contribution >= 4 is 15.9 Å². The number of rotatable bonds is 7. The van der Waals surface area contributed by atoms with Gasteiger partial charge in [-0.15, -0.1) is 0 Å². The number of halogens is 4. The van der Waals surface area contributed by atoms with Gasteiger partial charge in [-0.25, -0.2) is 13.2 Å². The van der Waals surface area contributed by atoms with Gasteiger partial charge in [-0.1, -0.05) is 0 Å². The maximum absolute atomic E-state index is 13.3. The highest BCUT2D eigenvalue weighted by molar-refractivity contribution is 9.10. The third kappa shape index (κ3) is 5.00. The lowest BCUT2D eigenvalue weighted by atomic mass is 10.0. The van der Waals surface area contributed by atoms with Gasteiger partial charge in [0.05, 0.1) is 11.6 Å². The molecule has 0 fully saturated rings. The lowest BCUT2D eigenvalue weighted by molar-refractivity contribution is 0.0152. The number of benzene rings is 1. The predicted octanol–water partition coefficient (Wildman–Crippen LogP) is 3.27. The van der Waals surface area contributed by atoms with Crippen molar-refractivity contribution in [3.05, 3.63) is 28.0 Å². The van der Waals surface area contributed by atoms with Gasteiger partial charge in [0.1, 0.15) is 18.2 Å². The average molecular weight is 342 g/mol. The van der Waals surface area contributed by atoms with Crippen molar-refractivity contribution < 1.29 is 22.6 Å². The summed E-state index contributed by atoms with van der Waals surface area (Å²) in [6.07, 6.45) is -2.16. The van der Waals surface area contributed by atoms with Crippen LogP contribution in [0.15, 0.2) is 16.6 Å². The van der Waals surface area contributed by atoms with Crippen LogP contribution >= 0.6 is 15.9 Å². The SMILES string of the molecule is COc1cc(F)c(Br)cc1C(N)CCOCC(F)F. The van der Waals surface area contributed by atoms with E-state index < -0.39 is 24.9 Å². The highest BCUT2D eigenvalue weighted by Gasteiger charge is 2.15. The summed E-state index contributed by atoms with van der Waals surface area (Å²) in [6, 6.07) is 2.26. The number of nitrogens with two attached hydrogens (primary N) is 1. The van der Waals surface area contributed by atoms with Crippen LogP contribution in [0.5, 0.6) is 5.75 Å². The molecular formula is C12H15BrF3NO2. The fraction of sp³-hybridized carbons (Fsp3) is 0.500. The highest BCUT2D eigenvalue weighted by atomic mass is 79.9. The Morgan fingerprint density at radius 1 is 1.37 bits per heavy atom. The molecule has 0 aliphatic carbocycles. The van der Waals surface area contributed by atoms with Gasteiger partial charge < -0.3 is 15.2 Å². The molecule has 1 atom stereocenters. The molecule has 0 amide bonds. The minimum Gasteiger partial charge on any atom is -0.496 e. The minimum absolute atomic E-state index is 0.101. The van der Waals surface area contributed by atoms with Crippen LogP contribution in [0.4, 0.5) is 13.2 Å². The van der Waals surface area contributed by atoms with Gasteiger partial charge >= 0.3 is 0 Å². The van der Waals surface area contributed by atoms with Gasteiger partial charge in [0, 0.05) is 24.3 Å². The van der Waals surface area contributed by atoms with E-state index in [0.29, 0.717) is 17.7 Å². The van der Waals surface area contributed by atoms with Crippen molar-refractivity contribution in [3.63, 3.8) is 0 Å². The average Bonchev–Trinajstić information content (AvgIpc) is 2.36. The van der Waals surface area contributed by atoms with Crippen LogP contribution in [0.3, 0.4) is 0 Å². The smallest absolute Gasteiger partial charge is 0.261 e. The Hall–Kier alpha value is -0.790. The molecule has 2 N–H and O–H groups in total. The lowest BCUT2D eigenvalue weighted by Gasteiger charge is -2.16. The Kier molecular flexibility index (Phi) is 6.60. The topological polar surface area (TPSA) is 44.5 Å². The van der Waals surface area contributed by atoms with Gasteiger partial charge in [0.15, 0.2) is 0 Å². The molecule has 7 heteroatoms. The third-order valence-corrected chi connectivity index (χ3v) is 3.10. The van der Waals surface area contributed by atoms with Crippen molar-refractivity contribution in [1.29, 1.82) is 0 Å². The molecule has 108 valence electrons. The molecule has 0 aliphatic rings. The van der Waals surface area contributed by atoms with Gasteiger partial charge in [-0.3, -0.25) is 0 Å². The second kappa shape index (κ2) is 7.72. The first-order valence-corrected chi connectivity index (χ1v) is 6.39. The quantitative estimate of drug-likeness (QED) is 0.774. The van der Waals surface area contributed by atoms with E-state index in [1.807, 2.05) is 0 Å². The number of ether oxygens (including phenoxy) is 2. The summed E-state index contributed by atoms with van der Waals surface area (Å²) in [6.45, 7) is -0.513. The summed E-state index contributed by atoms with van der Waals surface area (Å²) in [5.41, 5.74) is 6.51. The molecular weight excluding hydrogens is 327 g/mol. The van der Waals surface area contributed by atoms with Crippen LogP contribution in [0.1, 0.15) is 18.0 Å². The van der Waals surface area contributed by atoms with Crippen molar-refractivity contribution in [3.8, 4) is 5.75 Å². The van der Waals surface area contributed by atoms with E-state index in [2.05, 4.69) is 15.9 Å². The fourth-order valence-corrected chi connectivity index (χ4v) is 1.91. The van der Waals surface area contributed by atoms with Gasteiger partial charge in [-0.2, -0.15) is 0 Å². The van der Waals surface area contributed by atoms with Crippen LogP contribution < -0.4 is 10.5 Å². The second-order valence-electron chi connectivity index (χ2n) is 3.87. The summed E-state index contributed by atoms with van der Waals surface area (Å²) < 4.78 is 47.2. The number of hydrogen-bond acceptors (Lipinski definition) is 3. The zero-order valence-corrected chi connectivity index (χ0v) is 11.9. The summed E-state index contributed by atoms with van der Waals surface area (Å²) in [4.78, 5) is 0. The molecule has 0 aliphatic heterocycles. The van der Waals surface area contributed by atoms with E-state index in [1.165, 1.54) is 19.2 Å². The number of alkyl halides is 2. The minimum atomic E-state index is -2.49. The monoisotopic (exact) mass is 341 g/mol. The molecule has 0 aromatic heterocycles. The summed E-state index contributed by atoms with van der Waals surface area (Å²) >= 11 is 3.06. The third-order valence-electron chi connectivity index (χ3n) is 2.49. The Bertz CT molecular complexity index is 418. The fourth-order valence-electron chi connectivity index (χ4n) is 1.55. The van der Waals surface area contributed by atoms with E-state index in [9.17, 15) is 13.2 Å². The van der Waals surface area contributed by atoms with E-state index in [-0.39, 0.29) is 11.1 Å². The number of methoxy groups -OCH3 is 1. The maximum atomic E-state index is 13.3. The molecule has 0 bridgehead atoms. The molecule has 19 heavy (non-hydrogen) atoms. The zero-order chi connectivity index (χ0) is 14.4. The molecule has 0 heterocycles. The molecule has 0 saturated carbocycles. The lowest BCUT2D eigenvalue weighted by Crippen LogP contribution is -2.16. The summed E-state index contributed by atoms with van der Waals surface area (Å²) in [5.74, 6) is -0.135. The zero-order valence-electron chi connectivity index (χ0n) is 10.3. The Labute approximate surface area is 118 Å². The predicted molar refractivity (Wildman–Crippen MR) is 69.0 cm³/mol. The molecule has 0 saturated heterocycles. The number of hydrogen-bond donors (Lipinski definition) is 1. The standard InChI is InChI=1S/C12H15BrF3NO2/c1-18-11-5-9(14)8(13)4-7(11)10(17)2-3-19-6-12(15)16/h4-5,10,12H,2-3,6,17H2,1H3. The molecule has 1 unspecified atom stereocenters. The Morgan fingerprint density at radius 3 is 2.63 bits per heavy atom. The normalized spacial score (nSPS) is 12.8. The summed E-state index contributed by atoms with van der Waals surface area (Å²) in [7, 11) is 1.41. The largest absolute Gasteiger partial charge is 0.496 e. The van der Waals surface area contributed by atoms with Gasteiger partial charge in [-0.05, 0) is 28.4 Å². The summed E-state index contributed by atoms with van der Waals surface area (Å²) in [5, 5.41) is 0. The molecule has 3 nitrogen and oxygen atoms in total. The van der Waals surface area contributed by atoms with Crippen LogP contribution in [0.2, 0.25) is 0 Å². The van der Waals surface area contributed by atoms with Gasteiger partial charge in [0.25, 0.3) is 6.43 Å². The molecule has 1 rings (SSSR count). The first-order chi connectivity index (χ1) is 8.95. The van der Waals surface area contributed by atoms with Crippen molar-refractivity contribution in [1.82, 2.24) is 0 Å². The van der Waals surface area contributed by atoms with Crippen LogP contribution in [0, 0.1) is 5.82 Å². The van der Waals surface area contributed by atoms with Crippen molar-refractivity contribution in [2.75, 3.05) is 20.3 Å². The molecule has 0 radical (unpaired) electrons. The molecule has 0 spiro atoms. The first kappa shape index (κ1) is 16.3.